The average Bonchev–Trinajstić information content (AvgIpc) is 3.03. The predicted molar refractivity (Wildman–Crippen MR) is 99.5 cm³/mol. The van der Waals surface area contributed by atoms with E-state index in [9.17, 15) is 13.2 Å². The molecule has 0 radical (unpaired) electrons. The Balaban J connectivity index is 2.12. The number of sulfone groups is 1. The Hall–Kier alpha value is -2.33. The first-order chi connectivity index (χ1) is 12.2. The molecule has 2 rings (SSSR count). The maximum absolute atomic E-state index is 12.2. The summed E-state index contributed by atoms with van der Waals surface area (Å²) >= 11 is 0. The summed E-state index contributed by atoms with van der Waals surface area (Å²) < 4.78 is 27.7. The summed E-state index contributed by atoms with van der Waals surface area (Å²) in [5, 5.41) is 4.07. The van der Waals surface area contributed by atoms with Crippen molar-refractivity contribution >= 4 is 21.5 Å². The Bertz CT molecular complexity index is 861. The van der Waals surface area contributed by atoms with Gasteiger partial charge in [0.25, 0.3) is 0 Å². The number of nitrogens with zero attached hydrogens (tertiary/aromatic N) is 1. The summed E-state index contributed by atoms with van der Waals surface area (Å²) in [6.45, 7) is 4.90. The molecule has 6 nitrogen and oxygen atoms in total. The first kappa shape index (κ1) is 20.0. The molecule has 26 heavy (non-hydrogen) atoms. The van der Waals surface area contributed by atoms with Crippen molar-refractivity contribution in [3.63, 3.8) is 0 Å². The van der Waals surface area contributed by atoms with Crippen LogP contribution < -0.4 is 0 Å². The molecular weight excluding hydrogens is 354 g/mol. The summed E-state index contributed by atoms with van der Waals surface area (Å²) in [6, 6.07) is 7.57. The minimum Gasteiger partial charge on any atom is -0.465 e. The molecular formula is C19H23NO5S. The van der Waals surface area contributed by atoms with E-state index in [0.717, 1.165) is 17.4 Å². The van der Waals surface area contributed by atoms with Gasteiger partial charge in [-0.3, -0.25) is 4.79 Å². The zero-order valence-corrected chi connectivity index (χ0v) is 16.2. The third-order valence-corrected chi connectivity index (χ3v) is 6.33. The fourth-order valence-electron chi connectivity index (χ4n) is 2.70. The van der Waals surface area contributed by atoms with Crippen molar-refractivity contribution in [3.8, 4) is 11.8 Å². The molecule has 1 heterocycles. The summed E-state index contributed by atoms with van der Waals surface area (Å²) in [6.07, 6.45) is 0.929. The van der Waals surface area contributed by atoms with Gasteiger partial charge in [0.2, 0.25) is 0 Å². The highest BCUT2D eigenvalue weighted by molar-refractivity contribution is 7.92. The van der Waals surface area contributed by atoms with Crippen LogP contribution in [0.25, 0.3) is 0 Å². The van der Waals surface area contributed by atoms with Gasteiger partial charge in [0.05, 0.1) is 12.3 Å². The van der Waals surface area contributed by atoms with Gasteiger partial charge in [-0.15, -0.1) is 5.92 Å². The van der Waals surface area contributed by atoms with Crippen molar-refractivity contribution in [1.82, 2.24) is 0 Å². The first-order valence-corrected chi connectivity index (χ1v) is 10.2. The Morgan fingerprint density at radius 2 is 2.04 bits per heavy atom. The lowest BCUT2D eigenvalue weighted by Crippen LogP contribution is -2.47. The molecule has 0 aromatic heterocycles. The SMILES string of the molecule is CC#Cc1ccc(C2=NO[C@@H](C[C@](C)(C(=O)OCC)S(C)(=O)=O)C2)cc1. The van der Waals surface area contributed by atoms with E-state index in [1.807, 2.05) is 24.3 Å². The topological polar surface area (TPSA) is 82.0 Å². The van der Waals surface area contributed by atoms with Crippen molar-refractivity contribution in [2.45, 2.75) is 44.5 Å². The van der Waals surface area contributed by atoms with Crippen LogP contribution in [-0.2, 0) is 24.2 Å². The second kappa shape index (κ2) is 7.92. The summed E-state index contributed by atoms with van der Waals surface area (Å²) in [5.74, 6) is 5.04. The van der Waals surface area contributed by atoms with E-state index in [1.165, 1.54) is 6.92 Å². The minimum atomic E-state index is -3.69. The maximum atomic E-state index is 12.2. The molecule has 1 aliphatic heterocycles. The van der Waals surface area contributed by atoms with Crippen molar-refractivity contribution < 1.29 is 22.8 Å². The number of rotatable bonds is 6. The van der Waals surface area contributed by atoms with Crippen molar-refractivity contribution in [2.24, 2.45) is 5.16 Å². The fraction of sp³-hybridized carbons (Fsp3) is 0.474. The van der Waals surface area contributed by atoms with Gasteiger partial charge in [0.1, 0.15) is 6.10 Å². The van der Waals surface area contributed by atoms with E-state index < -0.39 is 26.7 Å². The molecule has 0 aliphatic carbocycles. The third-order valence-electron chi connectivity index (χ3n) is 4.36. The molecule has 0 amide bonds. The summed E-state index contributed by atoms with van der Waals surface area (Å²) in [7, 11) is -3.69. The lowest BCUT2D eigenvalue weighted by atomic mass is 9.97. The monoisotopic (exact) mass is 377 g/mol. The smallest absolute Gasteiger partial charge is 0.327 e. The quantitative estimate of drug-likeness (QED) is 0.561. The lowest BCUT2D eigenvalue weighted by Gasteiger charge is -2.27. The molecule has 0 fully saturated rings. The highest BCUT2D eigenvalue weighted by Crippen LogP contribution is 2.30. The van der Waals surface area contributed by atoms with Gasteiger partial charge in [-0.25, -0.2) is 8.42 Å². The molecule has 0 saturated heterocycles. The van der Waals surface area contributed by atoms with Gasteiger partial charge in [0.15, 0.2) is 14.6 Å². The van der Waals surface area contributed by atoms with Crippen LogP contribution in [-0.4, -0.2) is 43.8 Å². The van der Waals surface area contributed by atoms with Gasteiger partial charge >= 0.3 is 5.97 Å². The van der Waals surface area contributed by atoms with Gasteiger partial charge in [-0.05, 0) is 38.5 Å². The highest BCUT2D eigenvalue weighted by Gasteiger charge is 2.48. The summed E-state index contributed by atoms with van der Waals surface area (Å²) in [4.78, 5) is 17.6. The van der Waals surface area contributed by atoms with Gasteiger partial charge in [-0.2, -0.15) is 0 Å². The number of oxime groups is 1. The second-order valence-corrected chi connectivity index (χ2v) is 8.79. The molecule has 7 heteroatoms. The number of benzene rings is 1. The molecule has 0 bridgehead atoms. The van der Waals surface area contributed by atoms with E-state index in [1.54, 1.807) is 13.8 Å². The largest absolute Gasteiger partial charge is 0.465 e. The van der Waals surface area contributed by atoms with E-state index >= 15 is 0 Å². The van der Waals surface area contributed by atoms with Crippen molar-refractivity contribution in [1.29, 1.82) is 0 Å². The van der Waals surface area contributed by atoms with E-state index in [2.05, 4.69) is 17.0 Å². The molecule has 0 N–H and O–H groups in total. The Kier molecular flexibility index (Phi) is 6.09. The van der Waals surface area contributed by atoms with E-state index in [0.29, 0.717) is 12.1 Å². The highest BCUT2D eigenvalue weighted by atomic mass is 32.2. The third kappa shape index (κ3) is 4.25. The second-order valence-electron chi connectivity index (χ2n) is 6.35. The first-order valence-electron chi connectivity index (χ1n) is 8.34. The zero-order chi connectivity index (χ0) is 19.4. The fourth-order valence-corrected chi connectivity index (χ4v) is 3.55. The normalized spacial score (nSPS) is 18.8. The predicted octanol–water partition coefficient (Wildman–Crippen LogP) is 2.31. The molecule has 0 unspecified atom stereocenters. The number of carbonyl (C=O) groups is 1. The average molecular weight is 377 g/mol. The Labute approximate surface area is 154 Å². The standard InChI is InChI=1S/C19H23NO5S/c1-5-7-14-8-10-15(11-9-14)17-12-16(25-20-17)13-19(3,26(4,22)23)18(21)24-6-2/h8-11,16H,6,12-13H2,1-4H3/t16-,19-/m1/s1. The van der Waals surface area contributed by atoms with Crippen LogP contribution in [0.5, 0.6) is 0 Å². The summed E-state index contributed by atoms with van der Waals surface area (Å²) in [5.41, 5.74) is 2.50. The number of hydrogen-bond acceptors (Lipinski definition) is 6. The molecule has 2 atom stereocenters. The van der Waals surface area contributed by atoms with Gasteiger partial charge in [0, 0.05) is 24.7 Å². The lowest BCUT2D eigenvalue weighted by molar-refractivity contribution is -0.146. The number of hydrogen-bond donors (Lipinski definition) is 0. The molecule has 0 spiro atoms. The minimum absolute atomic E-state index is 0.0168. The Morgan fingerprint density at radius 1 is 1.38 bits per heavy atom. The Morgan fingerprint density at radius 3 is 2.58 bits per heavy atom. The molecule has 1 aliphatic rings. The van der Waals surface area contributed by atoms with Crippen LogP contribution >= 0.6 is 0 Å². The van der Waals surface area contributed by atoms with Crippen molar-refractivity contribution in [3.05, 3.63) is 35.4 Å². The van der Waals surface area contributed by atoms with Crippen LogP contribution in [0.4, 0.5) is 0 Å². The van der Waals surface area contributed by atoms with Crippen LogP contribution in [0.15, 0.2) is 29.4 Å². The van der Waals surface area contributed by atoms with E-state index in [4.69, 9.17) is 9.57 Å². The molecule has 0 saturated carbocycles. The number of esters is 1. The molecule has 140 valence electrons. The van der Waals surface area contributed by atoms with E-state index in [-0.39, 0.29) is 13.0 Å². The van der Waals surface area contributed by atoms with Crippen molar-refractivity contribution in [2.75, 3.05) is 12.9 Å². The zero-order valence-electron chi connectivity index (χ0n) is 15.4. The number of ether oxygens (including phenoxy) is 1. The maximum Gasteiger partial charge on any atom is 0.327 e. The van der Waals surface area contributed by atoms with Crippen LogP contribution in [0.2, 0.25) is 0 Å². The van der Waals surface area contributed by atoms with Crippen LogP contribution in [0, 0.1) is 11.8 Å². The molecule has 1 aromatic carbocycles. The van der Waals surface area contributed by atoms with Crippen LogP contribution in [0.1, 0.15) is 44.7 Å². The van der Waals surface area contributed by atoms with Gasteiger partial charge < -0.3 is 9.57 Å². The number of carbonyl (C=O) groups excluding carboxylic acids is 1. The van der Waals surface area contributed by atoms with Crippen LogP contribution in [0.3, 0.4) is 0 Å². The van der Waals surface area contributed by atoms with Gasteiger partial charge in [-0.1, -0.05) is 23.2 Å². The molecule has 1 aromatic rings.